The zero-order chi connectivity index (χ0) is 10.7. The number of rotatable bonds is 2. The van der Waals surface area contributed by atoms with Gasteiger partial charge in [0.1, 0.15) is 12.0 Å². The van der Waals surface area contributed by atoms with Crippen LogP contribution in [0.25, 0.3) is 0 Å². The van der Waals surface area contributed by atoms with Crippen LogP contribution in [-0.4, -0.2) is 29.2 Å². The van der Waals surface area contributed by atoms with Gasteiger partial charge in [-0.25, -0.2) is 0 Å². The first kappa shape index (κ1) is 11.0. The predicted molar refractivity (Wildman–Crippen MR) is 48.5 cm³/mol. The summed E-state index contributed by atoms with van der Waals surface area (Å²) in [4.78, 5) is 21.6. The number of carboxylic acids is 1. The SMILES string of the molecule is CC(=O)O[C@H]1CCC[C@H](N)[C@H]1C(=O)O. The number of ether oxygens (including phenoxy) is 1. The summed E-state index contributed by atoms with van der Waals surface area (Å²) in [6.07, 6.45) is 1.51. The van der Waals surface area contributed by atoms with E-state index >= 15 is 0 Å². The number of aliphatic carboxylic acids is 1. The zero-order valence-corrected chi connectivity index (χ0v) is 8.10. The van der Waals surface area contributed by atoms with Gasteiger partial charge in [0.25, 0.3) is 0 Å². The van der Waals surface area contributed by atoms with E-state index in [0.29, 0.717) is 12.8 Å². The van der Waals surface area contributed by atoms with Gasteiger partial charge in [0.2, 0.25) is 0 Å². The van der Waals surface area contributed by atoms with Gasteiger partial charge in [-0.2, -0.15) is 0 Å². The van der Waals surface area contributed by atoms with Crippen LogP contribution < -0.4 is 5.73 Å². The lowest BCUT2D eigenvalue weighted by Gasteiger charge is -2.32. The molecule has 0 aromatic rings. The van der Waals surface area contributed by atoms with Crippen molar-refractivity contribution < 1.29 is 19.4 Å². The van der Waals surface area contributed by atoms with E-state index in [2.05, 4.69) is 0 Å². The van der Waals surface area contributed by atoms with Gasteiger partial charge in [-0.3, -0.25) is 9.59 Å². The molecule has 0 heterocycles. The molecule has 0 aromatic carbocycles. The minimum absolute atomic E-state index is 0.411. The summed E-state index contributed by atoms with van der Waals surface area (Å²) in [5.74, 6) is -2.19. The lowest BCUT2D eigenvalue weighted by Crippen LogP contribution is -2.47. The lowest BCUT2D eigenvalue weighted by atomic mass is 9.82. The summed E-state index contributed by atoms with van der Waals surface area (Å²) in [6.45, 7) is 1.28. The molecule has 5 nitrogen and oxygen atoms in total. The molecule has 0 aromatic heterocycles. The van der Waals surface area contributed by atoms with E-state index in [1.807, 2.05) is 0 Å². The van der Waals surface area contributed by atoms with Crippen LogP contribution in [0.15, 0.2) is 0 Å². The molecule has 5 heteroatoms. The van der Waals surface area contributed by atoms with Crippen LogP contribution in [0.1, 0.15) is 26.2 Å². The first-order chi connectivity index (χ1) is 6.52. The van der Waals surface area contributed by atoms with Crippen LogP contribution in [0.2, 0.25) is 0 Å². The second-order valence-electron chi connectivity index (χ2n) is 3.61. The highest BCUT2D eigenvalue weighted by atomic mass is 16.5. The van der Waals surface area contributed by atoms with Crippen molar-refractivity contribution in [2.75, 3.05) is 0 Å². The molecule has 0 saturated heterocycles. The zero-order valence-electron chi connectivity index (χ0n) is 8.10. The number of hydrogen-bond acceptors (Lipinski definition) is 4. The van der Waals surface area contributed by atoms with Crippen molar-refractivity contribution in [1.82, 2.24) is 0 Å². The fraction of sp³-hybridized carbons (Fsp3) is 0.778. The van der Waals surface area contributed by atoms with E-state index in [1.165, 1.54) is 6.92 Å². The van der Waals surface area contributed by atoms with E-state index in [-0.39, 0.29) is 0 Å². The Balaban J connectivity index is 2.69. The van der Waals surface area contributed by atoms with E-state index in [9.17, 15) is 9.59 Å². The van der Waals surface area contributed by atoms with Crippen molar-refractivity contribution in [2.45, 2.75) is 38.3 Å². The minimum Gasteiger partial charge on any atom is -0.481 e. The monoisotopic (exact) mass is 201 g/mol. The van der Waals surface area contributed by atoms with Crippen molar-refractivity contribution in [1.29, 1.82) is 0 Å². The number of esters is 1. The Bertz CT molecular complexity index is 241. The Kier molecular flexibility index (Phi) is 3.46. The topological polar surface area (TPSA) is 89.6 Å². The molecule has 3 atom stereocenters. The van der Waals surface area contributed by atoms with Crippen LogP contribution in [0, 0.1) is 5.92 Å². The Morgan fingerprint density at radius 1 is 1.43 bits per heavy atom. The van der Waals surface area contributed by atoms with Crippen molar-refractivity contribution in [3.63, 3.8) is 0 Å². The summed E-state index contributed by atoms with van der Waals surface area (Å²) in [5.41, 5.74) is 5.67. The molecule has 1 aliphatic carbocycles. The molecule has 0 amide bonds. The van der Waals surface area contributed by atoms with Crippen LogP contribution in [0.4, 0.5) is 0 Å². The van der Waals surface area contributed by atoms with Crippen LogP contribution in [0.3, 0.4) is 0 Å². The molecule has 0 aliphatic heterocycles. The summed E-state index contributed by atoms with van der Waals surface area (Å²) in [7, 11) is 0. The quantitative estimate of drug-likeness (QED) is 0.620. The maximum absolute atomic E-state index is 10.9. The van der Waals surface area contributed by atoms with Crippen LogP contribution in [0.5, 0.6) is 0 Å². The maximum atomic E-state index is 10.9. The first-order valence-corrected chi connectivity index (χ1v) is 4.68. The number of carbonyl (C=O) groups is 2. The highest BCUT2D eigenvalue weighted by Gasteiger charge is 2.38. The molecule has 1 fully saturated rings. The van der Waals surface area contributed by atoms with E-state index in [1.54, 1.807) is 0 Å². The fourth-order valence-corrected chi connectivity index (χ4v) is 1.88. The third-order valence-corrected chi connectivity index (χ3v) is 2.49. The molecule has 0 spiro atoms. The third-order valence-electron chi connectivity index (χ3n) is 2.49. The van der Waals surface area contributed by atoms with Gasteiger partial charge in [0, 0.05) is 13.0 Å². The number of hydrogen-bond donors (Lipinski definition) is 2. The van der Waals surface area contributed by atoms with Crippen molar-refractivity contribution in [2.24, 2.45) is 11.7 Å². The molecule has 0 unspecified atom stereocenters. The Labute approximate surface area is 82.2 Å². The molecular weight excluding hydrogens is 186 g/mol. The van der Waals surface area contributed by atoms with Gasteiger partial charge >= 0.3 is 11.9 Å². The van der Waals surface area contributed by atoms with Gasteiger partial charge in [0.05, 0.1) is 0 Å². The number of nitrogens with two attached hydrogens (primary N) is 1. The highest BCUT2D eigenvalue weighted by Crippen LogP contribution is 2.26. The van der Waals surface area contributed by atoms with Crippen molar-refractivity contribution in [3.8, 4) is 0 Å². The first-order valence-electron chi connectivity index (χ1n) is 4.68. The molecule has 1 aliphatic rings. The predicted octanol–water partition coefficient (Wildman–Crippen LogP) is 0.130. The number of carboxylic acid groups (broad SMARTS) is 1. The smallest absolute Gasteiger partial charge is 0.311 e. The van der Waals surface area contributed by atoms with Gasteiger partial charge in [-0.05, 0) is 19.3 Å². The Hall–Kier alpha value is -1.10. The Morgan fingerprint density at radius 3 is 2.57 bits per heavy atom. The summed E-state index contributed by atoms with van der Waals surface area (Å²) >= 11 is 0. The molecule has 3 N–H and O–H groups in total. The fourth-order valence-electron chi connectivity index (χ4n) is 1.88. The maximum Gasteiger partial charge on any atom is 0.311 e. The van der Waals surface area contributed by atoms with Gasteiger partial charge < -0.3 is 15.6 Å². The van der Waals surface area contributed by atoms with Crippen molar-refractivity contribution in [3.05, 3.63) is 0 Å². The molecular formula is C9H15NO4. The molecule has 0 radical (unpaired) electrons. The second kappa shape index (κ2) is 4.41. The van der Waals surface area contributed by atoms with Gasteiger partial charge in [-0.1, -0.05) is 0 Å². The summed E-state index contributed by atoms with van der Waals surface area (Å²) in [5, 5.41) is 8.92. The molecule has 1 rings (SSSR count). The second-order valence-corrected chi connectivity index (χ2v) is 3.61. The van der Waals surface area contributed by atoms with E-state index < -0.39 is 30.0 Å². The highest BCUT2D eigenvalue weighted by molar-refractivity contribution is 5.73. The average Bonchev–Trinajstić information content (AvgIpc) is 2.01. The van der Waals surface area contributed by atoms with E-state index in [4.69, 9.17) is 15.6 Å². The third kappa shape index (κ3) is 2.45. The van der Waals surface area contributed by atoms with E-state index in [0.717, 1.165) is 6.42 Å². The molecule has 0 bridgehead atoms. The lowest BCUT2D eigenvalue weighted by molar-refractivity contribution is -0.160. The normalized spacial score (nSPS) is 32.3. The standard InChI is InChI=1S/C9H15NO4/c1-5(11)14-7-4-2-3-6(10)8(7)9(12)13/h6-8H,2-4,10H2,1H3,(H,12,13)/t6-,7-,8+/m0/s1. The summed E-state index contributed by atoms with van der Waals surface area (Å²) < 4.78 is 4.94. The average molecular weight is 201 g/mol. The Morgan fingerprint density at radius 2 is 2.07 bits per heavy atom. The van der Waals surface area contributed by atoms with Crippen molar-refractivity contribution >= 4 is 11.9 Å². The molecule has 80 valence electrons. The number of carbonyl (C=O) groups excluding carboxylic acids is 1. The molecule has 14 heavy (non-hydrogen) atoms. The minimum atomic E-state index is -0.983. The van der Waals surface area contributed by atoms with Gasteiger partial charge in [0.15, 0.2) is 0 Å². The summed E-state index contributed by atoms with van der Waals surface area (Å²) in [6, 6.07) is -0.411. The largest absolute Gasteiger partial charge is 0.481 e. The molecule has 1 saturated carbocycles. The van der Waals surface area contributed by atoms with Crippen LogP contribution in [-0.2, 0) is 14.3 Å². The van der Waals surface area contributed by atoms with Gasteiger partial charge in [-0.15, -0.1) is 0 Å². The van der Waals surface area contributed by atoms with Crippen LogP contribution >= 0.6 is 0 Å².